The predicted octanol–water partition coefficient (Wildman–Crippen LogP) is 1.64. The molecule has 6 nitrogen and oxygen atoms in total. The van der Waals surface area contributed by atoms with E-state index in [0.717, 1.165) is 6.42 Å². The van der Waals surface area contributed by atoms with Gasteiger partial charge in [0, 0.05) is 18.5 Å². The van der Waals surface area contributed by atoms with Crippen LogP contribution in [-0.2, 0) is 16.0 Å². The molecule has 1 aliphatic rings. The van der Waals surface area contributed by atoms with Crippen molar-refractivity contribution >= 4 is 23.5 Å². The SMILES string of the molecule is Cc1noc(Cl)c1CCC(=O)N1CCC[C@@H]1C(=O)O. The molecule has 0 aromatic carbocycles. The highest BCUT2D eigenvalue weighted by molar-refractivity contribution is 6.29. The Morgan fingerprint density at radius 2 is 2.32 bits per heavy atom. The number of aromatic nitrogens is 1. The molecule has 1 aromatic heterocycles. The lowest BCUT2D eigenvalue weighted by Crippen LogP contribution is -2.40. The van der Waals surface area contributed by atoms with E-state index in [4.69, 9.17) is 21.2 Å². The van der Waals surface area contributed by atoms with Gasteiger partial charge in [-0.05, 0) is 37.8 Å². The Bertz CT molecular complexity index is 480. The first-order chi connectivity index (χ1) is 9.00. The summed E-state index contributed by atoms with van der Waals surface area (Å²) in [5.41, 5.74) is 1.37. The summed E-state index contributed by atoms with van der Waals surface area (Å²) in [7, 11) is 0. The fraction of sp³-hybridized carbons (Fsp3) is 0.583. The number of aliphatic carboxylic acids is 1. The van der Waals surface area contributed by atoms with Crippen molar-refractivity contribution in [3.8, 4) is 0 Å². The van der Waals surface area contributed by atoms with Crippen LogP contribution in [0, 0.1) is 6.92 Å². The molecular weight excluding hydrogens is 272 g/mol. The van der Waals surface area contributed by atoms with Crippen LogP contribution in [-0.4, -0.2) is 39.6 Å². The van der Waals surface area contributed by atoms with Gasteiger partial charge in [-0.25, -0.2) is 4.79 Å². The summed E-state index contributed by atoms with van der Waals surface area (Å²) in [6, 6.07) is -0.688. The molecule has 2 rings (SSSR count). The number of carbonyl (C=O) groups excluding carboxylic acids is 1. The fourth-order valence-electron chi connectivity index (χ4n) is 2.34. The maximum atomic E-state index is 12.0. The number of rotatable bonds is 4. The van der Waals surface area contributed by atoms with Crippen LogP contribution in [0.15, 0.2) is 4.52 Å². The molecule has 0 unspecified atom stereocenters. The fourth-order valence-corrected chi connectivity index (χ4v) is 2.60. The van der Waals surface area contributed by atoms with Gasteiger partial charge in [0.25, 0.3) is 0 Å². The second-order valence-electron chi connectivity index (χ2n) is 4.60. The Morgan fingerprint density at radius 3 is 2.89 bits per heavy atom. The number of nitrogens with zero attached hydrogens (tertiary/aromatic N) is 2. The summed E-state index contributed by atoms with van der Waals surface area (Å²) >= 11 is 5.82. The molecule has 1 aromatic rings. The molecular formula is C12H15ClN2O4. The first-order valence-electron chi connectivity index (χ1n) is 6.13. The quantitative estimate of drug-likeness (QED) is 0.910. The van der Waals surface area contributed by atoms with Gasteiger partial charge >= 0.3 is 5.97 Å². The van der Waals surface area contributed by atoms with Gasteiger partial charge in [-0.3, -0.25) is 4.79 Å². The van der Waals surface area contributed by atoms with Crippen molar-refractivity contribution in [3.63, 3.8) is 0 Å². The summed E-state index contributed by atoms with van der Waals surface area (Å²) in [6.45, 7) is 2.26. The molecule has 104 valence electrons. The summed E-state index contributed by atoms with van der Waals surface area (Å²) in [6.07, 6.45) is 1.88. The van der Waals surface area contributed by atoms with Crippen molar-refractivity contribution < 1.29 is 19.2 Å². The number of carboxylic acids is 1. The number of likely N-dealkylation sites (tertiary alicyclic amines) is 1. The van der Waals surface area contributed by atoms with Gasteiger partial charge < -0.3 is 14.5 Å². The normalized spacial score (nSPS) is 18.8. The smallest absolute Gasteiger partial charge is 0.326 e. The molecule has 1 amide bonds. The molecule has 1 atom stereocenters. The van der Waals surface area contributed by atoms with E-state index in [1.807, 2.05) is 0 Å². The number of carbonyl (C=O) groups is 2. The molecule has 1 N–H and O–H groups in total. The van der Waals surface area contributed by atoms with Gasteiger partial charge in [-0.1, -0.05) is 5.16 Å². The predicted molar refractivity (Wildman–Crippen MR) is 66.9 cm³/mol. The molecule has 0 saturated carbocycles. The van der Waals surface area contributed by atoms with Gasteiger partial charge in [-0.15, -0.1) is 0 Å². The van der Waals surface area contributed by atoms with E-state index in [2.05, 4.69) is 5.16 Å². The van der Waals surface area contributed by atoms with Crippen molar-refractivity contribution in [1.29, 1.82) is 0 Å². The molecule has 0 spiro atoms. The zero-order valence-electron chi connectivity index (χ0n) is 10.6. The van der Waals surface area contributed by atoms with Crippen LogP contribution in [0.1, 0.15) is 30.5 Å². The van der Waals surface area contributed by atoms with E-state index < -0.39 is 12.0 Å². The molecule has 1 saturated heterocycles. The summed E-state index contributed by atoms with van der Waals surface area (Å²) in [4.78, 5) is 24.5. The molecule has 1 fully saturated rings. The minimum atomic E-state index is -0.940. The highest BCUT2D eigenvalue weighted by Crippen LogP contribution is 2.23. The second-order valence-corrected chi connectivity index (χ2v) is 4.95. The van der Waals surface area contributed by atoms with Gasteiger partial charge in [0.1, 0.15) is 6.04 Å². The van der Waals surface area contributed by atoms with Crippen LogP contribution >= 0.6 is 11.6 Å². The summed E-state index contributed by atoms with van der Waals surface area (Å²) in [5, 5.41) is 12.9. The van der Waals surface area contributed by atoms with Gasteiger partial charge in [0.2, 0.25) is 11.1 Å². The molecule has 1 aliphatic heterocycles. The standard InChI is InChI=1S/C12H15ClN2O4/c1-7-8(11(13)19-14-7)4-5-10(16)15-6-2-3-9(15)12(17)18/h9H,2-6H2,1H3,(H,17,18)/t9-/m1/s1. The van der Waals surface area contributed by atoms with Crippen LogP contribution in [0.2, 0.25) is 5.22 Å². The van der Waals surface area contributed by atoms with Crippen LogP contribution in [0.4, 0.5) is 0 Å². The molecule has 19 heavy (non-hydrogen) atoms. The van der Waals surface area contributed by atoms with Gasteiger partial charge in [0.05, 0.1) is 5.69 Å². The van der Waals surface area contributed by atoms with E-state index in [1.54, 1.807) is 6.92 Å². The molecule has 7 heteroatoms. The molecule has 0 bridgehead atoms. The molecule has 0 radical (unpaired) electrons. The first kappa shape index (κ1) is 13.9. The van der Waals surface area contributed by atoms with E-state index in [0.29, 0.717) is 30.6 Å². The maximum absolute atomic E-state index is 12.0. The lowest BCUT2D eigenvalue weighted by molar-refractivity contribution is -0.148. The third kappa shape index (κ3) is 2.89. The highest BCUT2D eigenvalue weighted by atomic mass is 35.5. The van der Waals surface area contributed by atoms with Crippen molar-refractivity contribution in [2.75, 3.05) is 6.54 Å². The highest BCUT2D eigenvalue weighted by Gasteiger charge is 2.33. The van der Waals surface area contributed by atoms with E-state index in [9.17, 15) is 9.59 Å². The zero-order valence-corrected chi connectivity index (χ0v) is 11.3. The Kier molecular flexibility index (Phi) is 4.09. The largest absolute Gasteiger partial charge is 0.480 e. The Morgan fingerprint density at radius 1 is 1.58 bits per heavy atom. The Labute approximate surface area is 115 Å². The van der Waals surface area contributed by atoms with Crippen molar-refractivity contribution in [3.05, 3.63) is 16.5 Å². The Hall–Kier alpha value is -1.56. The van der Waals surface area contributed by atoms with Crippen molar-refractivity contribution in [2.24, 2.45) is 0 Å². The van der Waals surface area contributed by atoms with Crippen molar-refractivity contribution in [2.45, 2.75) is 38.6 Å². The van der Waals surface area contributed by atoms with Crippen LogP contribution in [0.3, 0.4) is 0 Å². The lowest BCUT2D eigenvalue weighted by Gasteiger charge is -2.21. The van der Waals surface area contributed by atoms with Crippen LogP contribution in [0.25, 0.3) is 0 Å². The van der Waals surface area contributed by atoms with Crippen LogP contribution in [0.5, 0.6) is 0 Å². The van der Waals surface area contributed by atoms with Gasteiger partial charge in [0.15, 0.2) is 0 Å². The molecule has 0 aliphatic carbocycles. The lowest BCUT2D eigenvalue weighted by atomic mass is 10.1. The maximum Gasteiger partial charge on any atom is 0.326 e. The average molecular weight is 287 g/mol. The molecule has 2 heterocycles. The zero-order chi connectivity index (χ0) is 14.0. The number of aryl methyl sites for hydroxylation is 1. The van der Waals surface area contributed by atoms with E-state index >= 15 is 0 Å². The third-order valence-electron chi connectivity index (χ3n) is 3.38. The first-order valence-corrected chi connectivity index (χ1v) is 6.51. The minimum absolute atomic E-state index is 0.165. The monoisotopic (exact) mass is 286 g/mol. The average Bonchev–Trinajstić information content (AvgIpc) is 2.95. The third-order valence-corrected chi connectivity index (χ3v) is 3.68. The number of carboxylic acid groups (broad SMARTS) is 1. The van der Waals surface area contributed by atoms with Gasteiger partial charge in [-0.2, -0.15) is 0 Å². The topological polar surface area (TPSA) is 83.6 Å². The minimum Gasteiger partial charge on any atom is -0.480 e. The number of amides is 1. The van der Waals surface area contributed by atoms with Crippen LogP contribution < -0.4 is 0 Å². The second kappa shape index (κ2) is 5.61. The van der Waals surface area contributed by atoms with Crippen molar-refractivity contribution in [1.82, 2.24) is 10.1 Å². The van der Waals surface area contributed by atoms with E-state index in [-0.39, 0.29) is 17.5 Å². The number of hydrogen-bond acceptors (Lipinski definition) is 4. The number of halogens is 1. The number of hydrogen-bond donors (Lipinski definition) is 1. The summed E-state index contributed by atoms with van der Waals surface area (Å²) < 4.78 is 4.81. The van der Waals surface area contributed by atoms with E-state index in [1.165, 1.54) is 4.90 Å². The Balaban J connectivity index is 1.96. The summed E-state index contributed by atoms with van der Waals surface area (Å²) in [5.74, 6) is -1.10.